The molecule has 0 aromatic carbocycles. The summed E-state index contributed by atoms with van der Waals surface area (Å²) in [6.07, 6.45) is -0.689. The standard InChI is InChI=1S/C14H17Cl3N2O5S/c1-13(2,3)24-12(22)18-9-7-4-25-5-8(19(7)10(9)20)11(21)23-6-14(15,16)17/h5,7,9H,4,6H2,1-3H3,(H,18,22)/t7-,9-/m0/s1. The van der Waals surface area contributed by atoms with Crippen LogP contribution in [0.4, 0.5) is 4.79 Å². The molecule has 140 valence electrons. The summed E-state index contributed by atoms with van der Waals surface area (Å²) >= 11 is 18.0. The molecule has 0 unspecified atom stereocenters. The Bertz CT molecular complexity index is 615. The topological polar surface area (TPSA) is 84.9 Å². The first-order chi connectivity index (χ1) is 11.4. The van der Waals surface area contributed by atoms with Crippen LogP contribution in [-0.4, -0.2) is 56.7 Å². The zero-order valence-electron chi connectivity index (χ0n) is 13.7. The van der Waals surface area contributed by atoms with Crippen molar-refractivity contribution in [1.29, 1.82) is 0 Å². The third kappa shape index (κ3) is 5.32. The molecule has 2 atom stereocenters. The minimum absolute atomic E-state index is 0.0581. The number of nitrogens with zero attached hydrogens (tertiary/aromatic N) is 1. The number of carbonyl (C=O) groups is 3. The summed E-state index contributed by atoms with van der Waals surface area (Å²) in [5.74, 6) is -0.672. The third-order valence-electron chi connectivity index (χ3n) is 3.19. The van der Waals surface area contributed by atoms with E-state index in [1.165, 1.54) is 22.1 Å². The molecule has 0 bridgehead atoms. The van der Waals surface area contributed by atoms with Crippen molar-refractivity contribution in [1.82, 2.24) is 10.2 Å². The van der Waals surface area contributed by atoms with Gasteiger partial charge in [-0.3, -0.25) is 9.69 Å². The number of hydrogen-bond donors (Lipinski definition) is 1. The molecule has 2 aliphatic heterocycles. The lowest BCUT2D eigenvalue weighted by Crippen LogP contribution is -2.72. The van der Waals surface area contributed by atoms with E-state index in [4.69, 9.17) is 44.3 Å². The highest BCUT2D eigenvalue weighted by Gasteiger charge is 2.53. The molecule has 0 spiro atoms. The Morgan fingerprint density at radius 2 is 2.00 bits per heavy atom. The van der Waals surface area contributed by atoms with Crippen LogP contribution in [0.3, 0.4) is 0 Å². The molecule has 7 nitrogen and oxygen atoms in total. The zero-order chi connectivity index (χ0) is 19.0. The highest BCUT2D eigenvalue weighted by Crippen LogP contribution is 2.35. The molecule has 1 N–H and O–H groups in total. The molecular formula is C14H17Cl3N2O5S. The summed E-state index contributed by atoms with van der Waals surface area (Å²) in [6.45, 7) is 4.73. The fourth-order valence-electron chi connectivity index (χ4n) is 2.26. The third-order valence-corrected chi connectivity index (χ3v) is 4.44. The first-order valence-corrected chi connectivity index (χ1v) is 9.45. The fourth-order valence-corrected chi connectivity index (χ4v) is 3.42. The Morgan fingerprint density at radius 1 is 1.36 bits per heavy atom. The predicted molar refractivity (Wildman–Crippen MR) is 95.6 cm³/mol. The lowest BCUT2D eigenvalue weighted by molar-refractivity contribution is -0.154. The number of carbonyl (C=O) groups excluding carboxylic acids is 3. The second-order valence-electron chi connectivity index (χ2n) is 6.43. The number of amides is 2. The van der Waals surface area contributed by atoms with Crippen LogP contribution in [0.2, 0.25) is 0 Å². The van der Waals surface area contributed by atoms with E-state index in [-0.39, 0.29) is 11.7 Å². The van der Waals surface area contributed by atoms with Crippen molar-refractivity contribution in [3.05, 3.63) is 11.1 Å². The normalized spacial score (nSPS) is 23.2. The number of nitrogens with one attached hydrogen (secondary N) is 1. The number of thioether (sulfide) groups is 1. The molecule has 2 amide bonds. The molecule has 0 aromatic rings. The average molecular weight is 432 g/mol. The van der Waals surface area contributed by atoms with Crippen LogP contribution in [0, 0.1) is 0 Å². The van der Waals surface area contributed by atoms with Gasteiger partial charge in [-0.1, -0.05) is 34.8 Å². The summed E-state index contributed by atoms with van der Waals surface area (Å²) in [5.41, 5.74) is -0.619. The minimum atomic E-state index is -1.74. The SMILES string of the molecule is CC(C)(C)OC(=O)N[C@@H]1C(=O)N2C(C(=O)OCC(Cl)(Cl)Cl)=CSC[C@@H]12. The number of ether oxygens (including phenoxy) is 2. The first kappa shape index (κ1) is 20.5. The van der Waals surface area contributed by atoms with E-state index in [1.807, 2.05) is 0 Å². The molecule has 2 heterocycles. The van der Waals surface area contributed by atoms with Gasteiger partial charge < -0.3 is 14.8 Å². The summed E-state index contributed by atoms with van der Waals surface area (Å²) in [6, 6.07) is -1.13. The van der Waals surface area contributed by atoms with Gasteiger partial charge in [-0.15, -0.1) is 11.8 Å². The first-order valence-electron chi connectivity index (χ1n) is 7.27. The second-order valence-corrected chi connectivity index (χ2v) is 9.85. The van der Waals surface area contributed by atoms with Crippen LogP contribution in [-0.2, 0) is 19.1 Å². The van der Waals surface area contributed by atoms with Gasteiger partial charge in [0.15, 0.2) is 0 Å². The van der Waals surface area contributed by atoms with Crippen molar-refractivity contribution in [2.45, 2.75) is 42.2 Å². The molecule has 11 heteroatoms. The van der Waals surface area contributed by atoms with Crippen molar-refractivity contribution in [2.24, 2.45) is 0 Å². The van der Waals surface area contributed by atoms with E-state index in [0.29, 0.717) is 5.75 Å². The number of alkyl carbamates (subject to hydrolysis) is 1. The van der Waals surface area contributed by atoms with Gasteiger partial charge >= 0.3 is 12.1 Å². The Hall–Kier alpha value is -0.830. The maximum Gasteiger partial charge on any atom is 0.408 e. The van der Waals surface area contributed by atoms with Gasteiger partial charge in [0.05, 0.1) is 6.04 Å². The molecule has 0 aromatic heterocycles. The smallest absolute Gasteiger partial charge is 0.408 e. The molecule has 2 aliphatic rings. The summed E-state index contributed by atoms with van der Waals surface area (Å²) in [7, 11) is 0. The number of fused-ring (bicyclic) bond motifs is 1. The van der Waals surface area contributed by atoms with Crippen molar-refractivity contribution < 1.29 is 23.9 Å². The van der Waals surface area contributed by atoms with Crippen LogP contribution in [0.5, 0.6) is 0 Å². The largest absolute Gasteiger partial charge is 0.456 e. The predicted octanol–water partition coefficient (Wildman–Crippen LogP) is 2.59. The number of esters is 1. The van der Waals surface area contributed by atoms with Crippen LogP contribution in [0.25, 0.3) is 0 Å². The maximum absolute atomic E-state index is 12.3. The zero-order valence-corrected chi connectivity index (χ0v) is 16.8. The summed E-state index contributed by atoms with van der Waals surface area (Å²) < 4.78 is 8.31. The van der Waals surface area contributed by atoms with E-state index in [1.54, 1.807) is 20.8 Å². The van der Waals surface area contributed by atoms with Gasteiger partial charge in [-0.2, -0.15) is 0 Å². The van der Waals surface area contributed by atoms with E-state index in [0.717, 1.165) is 0 Å². The highest BCUT2D eigenvalue weighted by molar-refractivity contribution is 8.02. The number of β-lactam (4-membered cyclic amide) rings is 1. The molecule has 1 fully saturated rings. The number of hydrogen-bond acceptors (Lipinski definition) is 6. The molecule has 2 rings (SSSR count). The lowest BCUT2D eigenvalue weighted by atomic mass is 9.95. The van der Waals surface area contributed by atoms with Crippen LogP contribution < -0.4 is 5.32 Å². The van der Waals surface area contributed by atoms with Crippen LogP contribution in [0.15, 0.2) is 11.1 Å². The molecular weight excluding hydrogens is 415 g/mol. The van der Waals surface area contributed by atoms with Gasteiger partial charge in [0.25, 0.3) is 5.91 Å². The molecule has 25 heavy (non-hydrogen) atoms. The van der Waals surface area contributed by atoms with Gasteiger partial charge in [0.2, 0.25) is 3.79 Å². The van der Waals surface area contributed by atoms with Gasteiger partial charge in [0.1, 0.15) is 23.9 Å². The molecule has 1 saturated heterocycles. The highest BCUT2D eigenvalue weighted by atomic mass is 35.6. The Balaban J connectivity index is 1.98. The Labute approximate surface area is 164 Å². The fraction of sp³-hybridized carbons (Fsp3) is 0.643. The van der Waals surface area contributed by atoms with Crippen LogP contribution in [0.1, 0.15) is 20.8 Å². The quantitative estimate of drug-likeness (QED) is 0.420. The van der Waals surface area contributed by atoms with E-state index >= 15 is 0 Å². The minimum Gasteiger partial charge on any atom is -0.456 e. The molecule has 0 saturated carbocycles. The van der Waals surface area contributed by atoms with Gasteiger partial charge in [0, 0.05) is 11.2 Å². The van der Waals surface area contributed by atoms with Crippen molar-refractivity contribution in [3.8, 4) is 0 Å². The van der Waals surface area contributed by atoms with Gasteiger partial charge in [-0.25, -0.2) is 9.59 Å². The lowest BCUT2D eigenvalue weighted by Gasteiger charge is -2.48. The van der Waals surface area contributed by atoms with Crippen molar-refractivity contribution in [2.75, 3.05) is 12.4 Å². The van der Waals surface area contributed by atoms with E-state index < -0.39 is 40.0 Å². The number of rotatable bonds is 3. The number of alkyl halides is 3. The summed E-state index contributed by atoms with van der Waals surface area (Å²) in [4.78, 5) is 37.6. The van der Waals surface area contributed by atoms with Crippen molar-refractivity contribution in [3.63, 3.8) is 0 Å². The van der Waals surface area contributed by atoms with Crippen LogP contribution >= 0.6 is 46.6 Å². The van der Waals surface area contributed by atoms with E-state index in [2.05, 4.69) is 5.32 Å². The average Bonchev–Trinajstić information content (AvgIpc) is 2.46. The van der Waals surface area contributed by atoms with Crippen molar-refractivity contribution >= 4 is 64.5 Å². The van der Waals surface area contributed by atoms with Gasteiger partial charge in [-0.05, 0) is 20.8 Å². The second kappa shape index (κ2) is 7.42. The molecule has 0 radical (unpaired) electrons. The monoisotopic (exact) mass is 430 g/mol. The molecule has 0 aliphatic carbocycles. The Morgan fingerprint density at radius 3 is 2.56 bits per heavy atom. The maximum atomic E-state index is 12.3. The number of halogens is 3. The Kier molecular flexibility index (Phi) is 6.08. The summed E-state index contributed by atoms with van der Waals surface area (Å²) in [5, 5.41) is 4.04. The van der Waals surface area contributed by atoms with E-state index in [9.17, 15) is 14.4 Å².